The van der Waals surface area contributed by atoms with E-state index in [1.165, 1.54) is 7.11 Å². The van der Waals surface area contributed by atoms with Crippen molar-refractivity contribution < 1.29 is 14.3 Å². The predicted molar refractivity (Wildman–Crippen MR) is 56.4 cm³/mol. The molecule has 86 valence electrons. The average Bonchev–Trinajstić information content (AvgIpc) is 2.21. The number of carbonyl (C=O) groups excluding carboxylic acids is 1. The molecule has 1 aromatic heterocycles. The first-order chi connectivity index (χ1) is 7.69. The number of halogens is 1. The number of methoxy groups -OCH3 is 1. The van der Waals surface area contributed by atoms with Gasteiger partial charge in [0.05, 0.1) is 20.3 Å². The lowest BCUT2D eigenvalue weighted by Gasteiger charge is -2.25. The van der Waals surface area contributed by atoms with Crippen molar-refractivity contribution in [3.63, 3.8) is 0 Å². The van der Waals surface area contributed by atoms with E-state index in [9.17, 15) is 4.79 Å². The zero-order valence-corrected chi connectivity index (χ0v) is 9.53. The minimum absolute atomic E-state index is 0.0677. The molecular weight excluding hydrogens is 232 g/mol. The summed E-state index contributed by atoms with van der Waals surface area (Å²) in [5, 5.41) is 0.0677. The third-order valence-electron chi connectivity index (χ3n) is 2.35. The van der Waals surface area contributed by atoms with Gasteiger partial charge in [0.15, 0.2) is 5.69 Å². The Morgan fingerprint density at radius 3 is 2.94 bits per heavy atom. The fourth-order valence-electron chi connectivity index (χ4n) is 1.48. The third kappa shape index (κ3) is 2.48. The second kappa shape index (κ2) is 4.76. The maximum absolute atomic E-state index is 11.3. The minimum atomic E-state index is -0.504. The molecule has 0 amide bonds. The van der Waals surface area contributed by atoms with Crippen molar-refractivity contribution in [3.8, 4) is 0 Å². The van der Waals surface area contributed by atoms with Gasteiger partial charge in [-0.1, -0.05) is 0 Å². The van der Waals surface area contributed by atoms with Crippen LogP contribution in [0.2, 0.25) is 5.28 Å². The van der Waals surface area contributed by atoms with E-state index in [4.69, 9.17) is 16.3 Å². The van der Waals surface area contributed by atoms with Crippen LogP contribution in [-0.4, -0.2) is 36.3 Å². The highest BCUT2D eigenvalue weighted by atomic mass is 35.5. The van der Waals surface area contributed by atoms with Gasteiger partial charge in [-0.05, 0) is 24.1 Å². The van der Waals surface area contributed by atoms with E-state index < -0.39 is 5.97 Å². The summed E-state index contributed by atoms with van der Waals surface area (Å²) in [4.78, 5) is 19.2. The summed E-state index contributed by atoms with van der Waals surface area (Å²) in [6.07, 6.45) is 0.742. The van der Waals surface area contributed by atoms with Gasteiger partial charge < -0.3 is 9.47 Å². The monoisotopic (exact) mass is 242 g/mol. The van der Waals surface area contributed by atoms with Gasteiger partial charge in [-0.2, -0.15) is 0 Å². The Balaban J connectivity index is 2.17. The Morgan fingerprint density at radius 2 is 2.38 bits per heavy atom. The Hall–Kier alpha value is -1.20. The largest absolute Gasteiger partial charge is 0.464 e. The molecular formula is C10H11ClN2O3. The number of rotatable bonds is 3. The molecule has 0 saturated carbocycles. The number of ether oxygens (including phenoxy) is 2. The van der Waals surface area contributed by atoms with Gasteiger partial charge in [-0.25, -0.2) is 14.8 Å². The normalized spacial score (nSPS) is 15.6. The molecule has 1 saturated heterocycles. The number of nitrogens with zero attached hydrogens (tertiary/aromatic N) is 2. The van der Waals surface area contributed by atoms with E-state index in [-0.39, 0.29) is 11.0 Å². The van der Waals surface area contributed by atoms with Crippen LogP contribution < -0.4 is 0 Å². The van der Waals surface area contributed by atoms with Crippen molar-refractivity contribution in [3.05, 3.63) is 22.7 Å². The second-order valence-electron chi connectivity index (χ2n) is 3.61. The zero-order valence-electron chi connectivity index (χ0n) is 8.77. The Labute approximate surface area is 97.7 Å². The van der Waals surface area contributed by atoms with Crippen LogP contribution in [0.4, 0.5) is 0 Å². The summed E-state index contributed by atoms with van der Waals surface area (Å²) in [6.45, 7) is 1.46. The quantitative estimate of drug-likeness (QED) is 0.587. The summed E-state index contributed by atoms with van der Waals surface area (Å²) >= 11 is 5.73. The SMILES string of the molecule is COC(=O)c1cc(CC2COC2)nc(Cl)n1. The molecule has 0 aromatic carbocycles. The van der Waals surface area contributed by atoms with E-state index in [1.54, 1.807) is 6.07 Å². The van der Waals surface area contributed by atoms with Gasteiger partial charge in [0, 0.05) is 11.6 Å². The topological polar surface area (TPSA) is 61.3 Å². The van der Waals surface area contributed by atoms with Gasteiger partial charge in [0.2, 0.25) is 5.28 Å². The third-order valence-corrected chi connectivity index (χ3v) is 2.52. The maximum Gasteiger partial charge on any atom is 0.356 e. The lowest BCUT2D eigenvalue weighted by atomic mass is 10.0. The lowest BCUT2D eigenvalue weighted by molar-refractivity contribution is -0.0316. The van der Waals surface area contributed by atoms with Crippen LogP contribution >= 0.6 is 11.6 Å². The zero-order chi connectivity index (χ0) is 11.5. The molecule has 0 N–H and O–H groups in total. The van der Waals surface area contributed by atoms with Crippen LogP contribution in [0.25, 0.3) is 0 Å². The highest BCUT2D eigenvalue weighted by Crippen LogP contribution is 2.17. The summed E-state index contributed by atoms with van der Waals surface area (Å²) in [5.41, 5.74) is 0.937. The van der Waals surface area contributed by atoms with Crippen LogP contribution in [0.1, 0.15) is 16.2 Å². The Kier molecular flexibility index (Phi) is 3.36. The standard InChI is InChI=1S/C10H11ClN2O3/c1-15-9(14)8-3-7(12-10(11)13-8)2-6-4-16-5-6/h3,6H,2,4-5H2,1H3. The van der Waals surface area contributed by atoms with Crippen LogP contribution in [0.5, 0.6) is 0 Å². The molecule has 1 aromatic rings. The molecule has 2 rings (SSSR count). The second-order valence-corrected chi connectivity index (χ2v) is 3.95. The van der Waals surface area contributed by atoms with Crippen LogP contribution in [0.15, 0.2) is 6.07 Å². The van der Waals surface area contributed by atoms with Crippen molar-refractivity contribution in [1.82, 2.24) is 9.97 Å². The van der Waals surface area contributed by atoms with Crippen LogP contribution in [0, 0.1) is 5.92 Å². The van der Waals surface area contributed by atoms with E-state index in [2.05, 4.69) is 14.7 Å². The first-order valence-electron chi connectivity index (χ1n) is 4.88. The molecule has 0 radical (unpaired) electrons. The predicted octanol–water partition coefficient (Wildman–Crippen LogP) is 1.11. The van der Waals surface area contributed by atoms with Crippen LogP contribution in [0.3, 0.4) is 0 Å². The molecule has 1 fully saturated rings. The molecule has 6 heteroatoms. The molecule has 1 aliphatic rings. The molecule has 0 unspecified atom stereocenters. The van der Waals surface area contributed by atoms with E-state index in [1.807, 2.05) is 0 Å². The summed E-state index contributed by atoms with van der Waals surface area (Å²) in [7, 11) is 1.30. The fraction of sp³-hybridized carbons (Fsp3) is 0.500. The van der Waals surface area contributed by atoms with Gasteiger partial charge in [-0.15, -0.1) is 0 Å². The highest BCUT2D eigenvalue weighted by Gasteiger charge is 2.20. The number of carbonyl (C=O) groups is 1. The number of hydrogen-bond donors (Lipinski definition) is 0. The molecule has 0 atom stereocenters. The smallest absolute Gasteiger partial charge is 0.356 e. The average molecular weight is 243 g/mol. The summed E-state index contributed by atoms with van der Waals surface area (Å²) in [6, 6.07) is 1.61. The first kappa shape index (κ1) is 11.3. The molecule has 5 nitrogen and oxygen atoms in total. The summed E-state index contributed by atoms with van der Waals surface area (Å²) < 4.78 is 9.65. The van der Waals surface area contributed by atoms with Gasteiger partial charge in [-0.3, -0.25) is 0 Å². The molecule has 0 spiro atoms. The Bertz CT molecular complexity index is 407. The fourth-order valence-corrected chi connectivity index (χ4v) is 1.68. The van der Waals surface area contributed by atoms with Crippen molar-refractivity contribution in [1.29, 1.82) is 0 Å². The molecule has 2 heterocycles. The number of aromatic nitrogens is 2. The maximum atomic E-state index is 11.3. The van der Waals surface area contributed by atoms with Crippen molar-refractivity contribution >= 4 is 17.6 Å². The number of hydrogen-bond acceptors (Lipinski definition) is 5. The minimum Gasteiger partial charge on any atom is -0.464 e. The number of esters is 1. The van der Waals surface area contributed by atoms with E-state index >= 15 is 0 Å². The summed E-state index contributed by atoms with van der Waals surface area (Å²) in [5.74, 6) is -0.0492. The van der Waals surface area contributed by atoms with Crippen molar-refractivity contribution in [2.75, 3.05) is 20.3 Å². The lowest BCUT2D eigenvalue weighted by Crippen LogP contribution is -2.29. The highest BCUT2D eigenvalue weighted by molar-refractivity contribution is 6.28. The first-order valence-corrected chi connectivity index (χ1v) is 5.26. The van der Waals surface area contributed by atoms with Gasteiger partial charge in [0.25, 0.3) is 0 Å². The Morgan fingerprint density at radius 1 is 1.62 bits per heavy atom. The van der Waals surface area contributed by atoms with E-state index in [0.29, 0.717) is 5.92 Å². The van der Waals surface area contributed by atoms with Crippen molar-refractivity contribution in [2.45, 2.75) is 6.42 Å². The molecule has 1 aliphatic heterocycles. The molecule has 0 aliphatic carbocycles. The molecule has 0 bridgehead atoms. The molecule has 16 heavy (non-hydrogen) atoms. The van der Waals surface area contributed by atoms with Gasteiger partial charge in [0.1, 0.15) is 0 Å². The van der Waals surface area contributed by atoms with Crippen LogP contribution in [-0.2, 0) is 15.9 Å². The van der Waals surface area contributed by atoms with Crippen molar-refractivity contribution in [2.24, 2.45) is 5.92 Å². The van der Waals surface area contributed by atoms with E-state index in [0.717, 1.165) is 25.3 Å². The van der Waals surface area contributed by atoms with Gasteiger partial charge >= 0.3 is 5.97 Å².